The predicted octanol–water partition coefficient (Wildman–Crippen LogP) is 3.49. The van der Waals surface area contributed by atoms with E-state index in [0.717, 1.165) is 5.56 Å². The van der Waals surface area contributed by atoms with E-state index >= 15 is 0 Å². The van der Waals surface area contributed by atoms with Crippen LogP contribution in [-0.4, -0.2) is 11.1 Å². The van der Waals surface area contributed by atoms with Gasteiger partial charge < -0.3 is 9.84 Å². The standard InChI is InChI=1S/C16H16O3/c1-12(13-5-3-2-4-6-13)11-16(18)19-15-9-7-14(17)8-10-15/h2-10,12,17H,11H2,1H3. The van der Waals surface area contributed by atoms with Crippen LogP contribution >= 0.6 is 0 Å². The van der Waals surface area contributed by atoms with E-state index in [1.165, 1.54) is 12.1 Å². The molecule has 1 N–H and O–H groups in total. The van der Waals surface area contributed by atoms with E-state index in [2.05, 4.69) is 0 Å². The fourth-order valence-corrected chi connectivity index (χ4v) is 1.84. The first-order valence-corrected chi connectivity index (χ1v) is 6.20. The molecule has 2 rings (SSSR count). The molecule has 0 heterocycles. The number of carbonyl (C=O) groups excluding carboxylic acids is 1. The van der Waals surface area contributed by atoms with Crippen molar-refractivity contribution in [3.05, 3.63) is 60.2 Å². The third-order valence-corrected chi connectivity index (χ3v) is 2.91. The largest absolute Gasteiger partial charge is 0.508 e. The molecular weight excluding hydrogens is 240 g/mol. The van der Waals surface area contributed by atoms with Gasteiger partial charge in [0, 0.05) is 0 Å². The van der Waals surface area contributed by atoms with Crippen molar-refractivity contribution >= 4 is 5.97 Å². The number of phenolic OH excluding ortho intramolecular Hbond substituents is 1. The van der Waals surface area contributed by atoms with Crippen LogP contribution in [0.25, 0.3) is 0 Å². The average Bonchev–Trinajstić information content (AvgIpc) is 2.42. The van der Waals surface area contributed by atoms with Gasteiger partial charge in [0.15, 0.2) is 0 Å². The molecule has 0 radical (unpaired) electrons. The van der Waals surface area contributed by atoms with Gasteiger partial charge >= 0.3 is 5.97 Å². The SMILES string of the molecule is CC(CC(=O)Oc1ccc(O)cc1)c1ccccc1. The van der Waals surface area contributed by atoms with Crippen molar-refractivity contribution in [3.63, 3.8) is 0 Å². The average molecular weight is 256 g/mol. The number of esters is 1. The molecule has 0 saturated carbocycles. The summed E-state index contributed by atoms with van der Waals surface area (Å²) in [5, 5.41) is 9.14. The molecule has 0 fully saturated rings. The predicted molar refractivity (Wildman–Crippen MR) is 73.2 cm³/mol. The Morgan fingerprint density at radius 2 is 1.74 bits per heavy atom. The highest BCUT2D eigenvalue weighted by Crippen LogP contribution is 2.21. The van der Waals surface area contributed by atoms with E-state index in [4.69, 9.17) is 9.84 Å². The summed E-state index contributed by atoms with van der Waals surface area (Å²) in [5.74, 6) is 0.438. The van der Waals surface area contributed by atoms with Crippen molar-refractivity contribution < 1.29 is 14.6 Å². The molecule has 0 aromatic heterocycles. The maximum Gasteiger partial charge on any atom is 0.311 e. The molecule has 2 aromatic rings. The van der Waals surface area contributed by atoms with Gasteiger partial charge in [-0.2, -0.15) is 0 Å². The molecule has 0 amide bonds. The summed E-state index contributed by atoms with van der Waals surface area (Å²) in [5.41, 5.74) is 1.12. The van der Waals surface area contributed by atoms with E-state index in [1.807, 2.05) is 37.3 Å². The molecule has 3 nitrogen and oxygen atoms in total. The highest BCUT2D eigenvalue weighted by Gasteiger charge is 2.12. The Morgan fingerprint density at radius 3 is 2.37 bits per heavy atom. The lowest BCUT2D eigenvalue weighted by atomic mass is 9.98. The number of ether oxygens (including phenoxy) is 1. The van der Waals surface area contributed by atoms with Crippen molar-refractivity contribution in [2.75, 3.05) is 0 Å². The van der Waals surface area contributed by atoms with Crippen molar-refractivity contribution in [3.8, 4) is 11.5 Å². The fourth-order valence-electron chi connectivity index (χ4n) is 1.84. The number of hydrogen-bond donors (Lipinski definition) is 1. The van der Waals surface area contributed by atoms with Crippen LogP contribution in [0.3, 0.4) is 0 Å². The Kier molecular flexibility index (Phi) is 4.18. The summed E-state index contributed by atoms with van der Waals surface area (Å²) in [7, 11) is 0. The van der Waals surface area contributed by atoms with Gasteiger partial charge in [-0.3, -0.25) is 4.79 Å². The Hall–Kier alpha value is -2.29. The summed E-state index contributed by atoms with van der Waals surface area (Å²) in [6, 6.07) is 16.0. The minimum atomic E-state index is -0.276. The lowest BCUT2D eigenvalue weighted by Crippen LogP contribution is -2.11. The van der Waals surface area contributed by atoms with Gasteiger partial charge in [-0.15, -0.1) is 0 Å². The molecule has 98 valence electrons. The first-order valence-electron chi connectivity index (χ1n) is 6.20. The smallest absolute Gasteiger partial charge is 0.311 e. The van der Waals surface area contributed by atoms with Crippen LogP contribution in [0.5, 0.6) is 11.5 Å². The Morgan fingerprint density at radius 1 is 1.11 bits per heavy atom. The van der Waals surface area contributed by atoms with E-state index in [9.17, 15) is 4.79 Å². The van der Waals surface area contributed by atoms with Crippen LogP contribution in [0.1, 0.15) is 24.8 Å². The normalized spacial score (nSPS) is 11.8. The second-order valence-corrected chi connectivity index (χ2v) is 4.48. The second kappa shape index (κ2) is 6.05. The Balaban J connectivity index is 1.93. The molecule has 0 aliphatic carbocycles. The summed E-state index contributed by atoms with van der Waals surface area (Å²) < 4.78 is 5.21. The number of aromatic hydroxyl groups is 1. The zero-order valence-corrected chi connectivity index (χ0v) is 10.7. The quantitative estimate of drug-likeness (QED) is 0.672. The summed E-state index contributed by atoms with van der Waals surface area (Å²) in [6.07, 6.45) is 0.324. The van der Waals surface area contributed by atoms with E-state index in [0.29, 0.717) is 12.2 Å². The number of phenols is 1. The molecule has 1 unspecified atom stereocenters. The summed E-state index contributed by atoms with van der Waals surface area (Å²) in [6.45, 7) is 1.99. The van der Waals surface area contributed by atoms with Crippen LogP contribution in [0.4, 0.5) is 0 Å². The van der Waals surface area contributed by atoms with Gasteiger partial charge in [-0.1, -0.05) is 37.3 Å². The molecule has 19 heavy (non-hydrogen) atoms. The van der Waals surface area contributed by atoms with Crippen molar-refractivity contribution in [1.29, 1.82) is 0 Å². The zero-order chi connectivity index (χ0) is 13.7. The number of carbonyl (C=O) groups is 1. The summed E-state index contributed by atoms with van der Waals surface area (Å²) >= 11 is 0. The van der Waals surface area contributed by atoms with Gasteiger partial charge in [0.2, 0.25) is 0 Å². The summed E-state index contributed by atoms with van der Waals surface area (Å²) in [4.78, 5) is 11.8. The van der Waals surface area contributed by atoms with Gasteiger partial charge in [0.25, 0.3) is 0 Å². The van der Waals surface area contributed by atoms with Crippen molar-refractivity contribution in [2.24, 2.45) is 0 Å². The third-order valence-electron chi connectivity index (χ3n) is 2.91. The Bertz CT molecular complexity index is 532. The monoisotopic (exact) mass is 256 g/mol. The molecule has 0 bridgehead atoms. The van der Waals surface area contributed by atoms with Gasteiger partial charge in [-0.25, -0.2) is 0 Å². The topological polar surface area (TPSA) is 46.5 Å². The van der Waals surface area contributed by atoms with Gasteiger partial charge in [0.1, 0.15) is 11.5 Å². The van der Waals surface area contributed by atoms with Crippen LogP contribution < -0.4 is 4.74 Å². The molecule has 2 aromatic carbocycles. The van der Waals surface area contributed by atoms with Crippen LogP contribution in [-0.2, 0) is 4.79 Å². The second-order valence-electron chi connectivity index (χ2n) is 4.48. The molecule has 0 spiro atoms. The van der Waals surface area contributed by atoms with E-state index < -0.39 is 0 Å². The van der Waals surface area contributed by atoms with E-state index in [1.54, 1.807) is 12.1 Å². The maximum atomic E-state index is 11.8. The molecule has 3 heteroatoms. The Labute approximate surface area is 112 Å². The minimum Gasteiger partial charge on any atom is -0.508 e. The van der Waals surface area contributed by atoms with Crippen LogP contribution in [0.15, 0.2) is 54.6 Å². The molecule has 1 atom stereocenters. The minimum absolute atomic E-state index is 0.116. The van der Waals surface area contributed by atoms with Gasteiger partial charge in [-0.05, 0) is 35.7 Å². The first kappa shape index (κ1) is 13.1. The highest BCUT2D eigenvalue weighted by atomic mass is 16.5. The van der Waals surface area contributed by atoms with Crippen molar-refractivity contribution in [1.82, 2.24) is 0 Å². The first-order chi connectivity index (χ1) is 9.15. The van der Waals surface area contributed by atoms with Crippen molar-refractivity contribution in [2.45, 2.75) is 19.3 Å². The highest BCUT2D eigenvalue weighted by molar-refractivity contribution is 5.73. The molecule has 0 aliphatic rings. The maximum absolute atomic E-state index is 11.8. The molecular formula is C16H16O3. The number of rotatable bonds is 4. The fraction of sp³-hybridized carbons (Fsp3) is 0.188. The van der Waals surface area contributed by atoms with Crippen LogP contribution in [0, 0.1) is 0 Å². The molecule has 0 saturated heterocycles. The van der Waals surface area contributed by atoms with E-state index in [-0.39, 0.29) is 17.6 Å². The third kappa shape index (κ3) is 3.85. The molecule has 0 aliphatic heterocycles. The lowest BCUT2D eigenvalue weighted by molar-refractivity contribution is -0.134. The van der Waals surface area contributed by atoms with Crippen LogP contribution in [0.2, 0.25) is 0 Å². The zero-order valence-electron chi connectivity index (χ0n) is 10.7. The number of hydrogen-bond acceptors (Lipinski definition) is 3. The number of benzene rings is 2. The lowest BCUT2D eigenvalue weighted by Gasteiger charge is -2.11. The van der Waals surface area contributed by atoms with Gasteiger partial charge in [0.05, 0.1) is 6.42 Å².